The van der Waals surface area contributed by atoms with Gasteiger partial charge in [0, 0.05) is 17.4 Å². The van der Waals surface area contributed by atoms with Crippen molar-refractivity contribution in [3.63, 3.8) is 0 Å². The second-order valence-electron chi connectivity index (χ2n) is 4.19. The molecule has 0 bridgehead atoms. The van der Waals surface area contributed by atoms with Crippen LogP contribution in [0.5, 0.6) is 0 Å². The lowest BCUT2D eigenvalue weighted by molar-refractivity contribution is 0.877. The molecule has 0 unspecified atom stereocenters. The predicted octanol–water partition coefficient (Wildman–Crippen LogP) is 3.36. The molecule has 0 spiro atoms. The lowest BCUT2D eigenvalue weighted by Gasteiger charge is -2.07. The minimum Gasteiger partial charge on any atom is -0.339 e. The van der Waals surface area contributed by atoms with E-state index in [1.807, 2.05) is 66.7 Å². The number of aromatic nitrogens is 3. The van der Waals surface area contributed by atoms with Crippen LogP contribution in [-0.4, -0.2) is 15.4 Å². The van der Waals surface area contributed by atoms with Gasteiger partial charge in [-0.2, -0.15) is 0 Å². The smallest absolute Gasteiger partial charge is 0.158 e. The summed E-state index contributed by atoms with van der Waals surface area (Å²) in [4.78, 5) is 0. The van der Waals surface area contributed by atoms with Crippen molar-refractivity contribution in [3.8, 4) is 0 Å². The summed E-state index contributed by atoms with van der Waals surface area (Å²) in [6, 6.07) is 21.4. The highest BCUT2D eigenvalue weighted by Crippen LogP contribution is 2.17. The minimum absolute atomic E-state index is 0.643. The highest BCUT2D eigenvalue weighted by Gasteiger charge is 2.01. The third-order valence-electron chi connectivity index (χ3n) is 2.67. The molecule has 0 atom stereocenters. The monoisotopic (exact) mass is 263 g/mol. The highest BCUT2D eigenvalue weighted by atomic mass is 15.4. The van der Waals surface area contributed by atoms with E-state index in [2.05, 4.69) is 26.0 Å². The lowest BCUT2D eigenvalue weighted by atomic mass is 10.3. The van der Waals surface area contributed by atoms with E-state index in [0.29, 0.717) is 11.6 Å². The van der Waals surface area contributed by atoms with Gasteiger partial charge in [-0.3, -0.25) is 0 Å². The molecule has 1 aromatic heterocycles. The Kier molecular flexibility index (Phi) is 3.51. The maximum atomic E-state index is 3.96. The second-order valence-corrected chi connectivity index (χ2v) is 4.19. The number of hydrogen-bond acceptors (Lipinski definition) is 5. The average molecular weight is 263 g/mol. The Bertz CT molecular complexity index is 613. The Morgan fingerprint density at radius 2 is 1.05 bits per heavy atom. The van der Waals surface area contributed by atoms with Gasteiger partial charge in [0.15, 0.2) is 11.6 Å². The van der Waals surface area contributed by atoms with Crippen LogP contribution in [0.2, 0.25) is 0 Å². The van der Waals surface area contributed by atoms with Crippen LogP contribution in [0.3, 0.4) is 0 Å². The van der Waals surface area contributed by atoms with Crippen LogP contribution in [0.15, 0.2) is 66.7 Å². The van der Waals surface area contributed by atoms with E-state index < -0.39 is 0 Å². The standard InChI is InChI=1S/C15H13N5/c1-3-7-12(8-4-1)16-14-11-15(19-20-18-14)17-13-9-5-2-6-10-13/h1-11H,(H2,16,17,18,19). The normalized spacial score (nSPS) is 10.0. The Labute approximate surface area is 116 Å². The fourth-order valence-electron chi connectivity index (χ4n) is 1.77. The number of nitrogens with one attached hydrogen (secondary N) is 2. The fourth-order valence-corrected chi connectivity index (χ4v) is 1.77. The molecule has 20 heavy (non-hydrogen) atoms. The van der Waals surface area contributed by atoms with E-state index in [0.717, 1.165) is 11.4 Å². The predicted molar refractivity (Wildman–Crippen MR) is 79.3 cm³/mol. The summed E-state index contributed by atoms with van der Waals surface area (Å²) in [5.74, 6) is 1.29. The molecule has 0 aliphatic carbocycles. The molecule has 0 saturated heterocycles. The molecule has 5 nitrogen and oxygen atoms in total. The van der Waals surface area contributed by atoms with Crippen LogP contribution in [0.25, 0.3) is 0 Å². The third-order valence-corrected chi connectivity index (χ3v) is 2.67. The Hall–Kier alpha value is -2.95. The number of hydrogen-bond donors (Lipinski definition) is 2. The Morgan fingerprint density at radius 3 is 1.50 bits per heavy atom. The van der Waals surface area contributed by atoms with Crippen LogP contribution < -0.4 is 10.6 Å². The number of rotatable bonds is 4. The van der Waals surface area contributed by atoms with Crippen molar-refractivity contribution in [1.29, 1.82) is 0 Å². The van der Waals surface area contributed by atoms with Gasteiger partial charge >= 0.3 is 0 Å². The maximum absolute atomic E-state index is 3.96. The summed E-state index contributed by atoms with van der Waals surface area (Å²) in [5, 5.41) is 18.0. The van der Waals surface area contributed by atoms with Crippen molar-refractivity contribution < 1.29 is 0 Å². The second kappa shape index (κ2) is 5.79. The number of anilines is 4. The topological polar surface area (TPSA) is 62.7 Å². The molecule has 5 heteroatoms. The van der Waals surface area contributed by atoms with E-state index in [4.69, 9.17) is 0 Å². The van der Waals surface area contributed by atoms with Gasteiger partial charge in [-0.05, 0) is 29.5 Å². The van der Waals surface area contributed by atoms with E-state index in [-0.39, 0.29) is 0 Å². The number of benzene rings is 2. The Morgan fingerprint density at radius 1 is 0.600 bits per heavy atom. The van der Waals surface area contributed by atoms with E-state index in [9.17, 15) is 0 Å². The summed E-state index contributed by atoms with van der Waals surface area (Å²) >= 11 is 0. The summed E-state index contributed by atoms with van der Waals surface area (Å²) in [7, 11) is 0. The van der Waals surface area contributed by atoms with Crippen LogP contribution in [-0.2, 0) is 0 Å². The van der Waals surface area contributed by atoms with Crippen LogP contribution >= 0.6 is 0 Å². The molecule has 3 rings (SSSR count). The van der Waals surface area contributed by atoms with Gasteiger partial charge in [-0.15, -0.1) is 10.2 Å². The van der Waals surface area contributed by atoms with Gasteiger partial charge in [-0.25, -0.2) is 0 Å². The molecule has 98 valence electrons. The molecule has 0 radical (unpaired) electrons. The van der Waals surface area contributed by atoms with Crippen LogP contribution in [0, 0.1) is 0 Å². The molecule has 2 N–H and O–H groups in total. The lowest BCUT2D eigenvalue weighted by Crippen LogP contribution is -2.01. The molecule has 0 saturated carbocycles. The van der Waals surface area contributed by atoms with Crippen molar-refractivity contribution in [2.45, 2.75) is 0 Å². The molecular weight excluding hydrogens is 250 g/mol. The summed E-state index contributed by atoms with van der Waals surface area (Å²) < 4.78 is 0. The average Bonchev–Trinajstić information content (AvgIpc) is 2.50. The largest absolute Gasteiger partial charge is 0.339 e. The summed E-state index contributed by atoms with van der Waals surface area (Å²) in [5.41, 5.74) is 1.91. The molecule has 1 heterocycles. The third kappa shape index (κ3) is 3.08. The van der Waals surface area contributed by atoms with Gasteiger partial charge in [0.2, 0.25) is 0 Å². The van der Waals surface area contributed by atoms with Gasteiger partial charge in [0.25, 0.3) is 0 Å². The van der Waals surface area contributed by atoms with Gasteiger partial charge in [0.1, 0.15) is 0 Å². The minimum atomic E-state index is 0.643. The van der Waals surface area contributed by atoms with Crippen LogP contribution in [0.1, 0.15) is 0 Å². The van der Waals surface area contributed by atoms with E-state index >= 15 is 0 Å². The van der Waals surface area contributed by atoms with Crippen molar-refractivity contribution >= 4 is 23.0 Å². The highest BCUT2D eigenvalue weighted by molar-refractivity contribution is 5.61. The number of nitrogens with zero attached hydrogens (tertiary/aromatic N) is 3. The van der Waals surface area contributed by atoms with Gasteiger partial charge < -0.3 is 10.6 Å². The molecule has 0 aliphatic heterocycles. The van der Waals surface area contributed by atoms with Crippen molar-refractivity contribution in [2.75, 3.05) is 10.6 Å². The molecule has 0 amide bonds. The Balaban J connectivity index is 1.76. The van der Waals surface area contributed by atoms with E-state index in [1.54, 1.807) is 0 Å². The molecule has 2 aromatic carbocycles. The van der Waals surface area contributed by atoms with E-state index in [1.165, 1.54) is 0 Å². The maximum Gasteiger partial charge on any atom is 0.158 e. The number of para-hydroxylation sites is 2. The zero-order valence-corrected chi connectivity index (χ0v) is 10.7. The summed E-state index contributed by atoms with van der Waals surface area (Å²) in [6.45, 7) is 0. The summed E-state index contributed by atoms with van der Waals surface area (Å²) in [6.07, 6.45) is 0. The quantitative estimate of drug-likeness (QED) is 0.755. The first-order valence-corrected chi connectivity index (χ1v) is 6.25. The van der Waals surface area contributed by atoms with Gasteiger partial charge in [-0.1, -0.05) is 36.4 Å². The molecular formula is C15H13N5. The van der Waals surface area contributed by atoms with Gasteiger partial charge in [0.05, 0.1) is 0 Å². The van der Waals surface area contributed by atoms with Crippen molar-refractivity contribution in [2.24, 2.45) is 0 Å². The zero-order chi connectivity index (χ0) is 13.6. The molecule has 0 fully saturated rings. The van der Waals surface area contributed by atoms with Crippen LogP contribution in [0.4, 0.5) is 23.0 Å². The zero-order valence-electron chi connectivity index (χ0n) is 10.7. The fraction of sp³-hybridized carbons (Fsp3) is 0. The molecule has 0 aliphatic rings. The SMILES string of the molecule is c1ccc(Nc2cc(Nc3ccccc3)nnn2)cc1. The molecule has 3 aromatic rings. The van der Waals surface area contributed by atoms with Crippen molar-refractivity contribution in [3.05, 3.63) is 66.7 Å². The first kappa shape index (κ1) is 12.1. The van der Waals surface area contributed by atoms with Crippen molar-refractivity contribution in [1.82, 2.24) is 15.4 Å². The first-order chi connectivity index (χ1) is 9.90. The first-order valence-electron chi connectivity index (χ1n) is 6.25.